The Labute approximate surface area is 100.0 Å². The lowest BCUT2D eigenvalue weighted by atomic mass is 10.1. The third-order valence-corrected chi connectivity index (χ3v) is 4.03. The Morgan fingerprint density at radius 3 is 2.88 bits per heavy atom. The number of hydrogen-bond acceptors (Lipinski definition) is 2. The van der Waals surface area contributed by atoms with Gasteiger partial charge in [0.2, 0.25) is 0 Å². The fraction of sp³-hybridized carbons (Fsp3) is 0.857. The Kier molecular flexibility index (Phi) is 4.26. The second-order valence-corrected chi connectivity index (χ2v) is 5.15. The van der Waals surface area contributed by atoms with Crippen molar-refractivity contribution in [3.8, 4) is 12.3 Å². The molecule has 2 heterocycles. The highest BCUT2D eigenvalue weighted by atomic mass is 15.3. The normalized spacial score (nSPS) is 29.4. The third-order valence-electron chi connectivity index (χ3n) is 4.03. The molecule has 2 unspecified atom stereocenters. The van der Waals surface area contributed by atoms with Gasteiger partial charge in [-0.25, -0.2) is 0 Å². The van der Waals surface area contributed by atoms with Crippen LogP contribution in [0.5, 0.6) is 0 Å². The van der Waals surface area contributed by atoms with Gasteiger partial charge in [-0.05, 0) is 38.8 Å². The van der Waals surface area contributed by atoms with Crippen molar-refractivity contribution >= 4 is 0 Å². The minimum Gasteiger partial charge on any atom is -0.299 e. The van der Waals surface area contributed by atoms with Gasteiger partial charge in [0.15, 0.2) is 0 Å². The first-order valence-electron chi connectivity index (χ1n) is 6.79. The molecule has 0 amide bonds. The van der Waals surface area contributed by atoms with E-state index in [-0.39, 0.29) is 0 Å². The molecule has 0 aromatic rings. The molecule has 0 aromatic heterocycles. The first kappa shape index (κ1) is 12.0. The van der Waals surface area contributed by atoms with Crippen LogP contribution >= 0.6 is 0 Å². The van der Waals surface area contributed by atoms with Crippen LogP contribution in [0.3, 0.4) is 0 Å². The van der Waals surface area contributed by atoms with Gasteiger partial charge in [-0.1, -0.05) is 19.3 Å². The lowest BCUT2D eigenvalue weighted by Gasteiger charge is -2.29. The van der Waals surface area contributed by atoms with Gasteiger partial charge in [-0.15, -0.1) is 6.42 Å². The van der Waals surface area contributed by atoms with E-state index in [1.165, 1.54) is 51.9 Å². The summed E-state index contributed by atoms with van der Waals surface area (Å²) in [4.78, 5) is 5.22. The number of nitrogens with zero attached hydrogens (tertiary/aromatic N) is 2. The average Bonchev–Trinajstić information content (AvgIpc) is 2.64. The van der Waals surface area contributed by atoms with Crippen LogP contribution in [-0.2, 0) is 0 Å². The molecule has 0 spiro atoms. The quantitative estimate of drug-likeness (QED) is 0.671. The van der Waals surface area contributed by atoms with E-state index in [4.69, 9.17) is 6.42 Å². The predicted molar refractivity (Wildman–Crippen MR) is 68.3 cm³/mol. The lowest BCUT2D eigenvalue weighted by Crippen LogP contribution is -2.41. The monoisotopic (exact) mass is 220 g/mol. The molecule has 90 valence electrons. The van der Waals surface area contributed by atoms with Crippen molar-refractivity contribution in [2.24, 2.45) is 0 Å². The summed E-state index contributed by atoms with van der Waals surface area (Å²) < 4.78 is 0. The standard InChI is InChI=1S/C14H24N2/c1-3-7-13(4-2)16-11-6-10-15-9-5-8-14(15)12-16/h2,13-14H,3,5-12H2,1H3. The number of terminal acetylenes is 1. The molecule has 0 bridgehead atoms. The van der Waals surface area contributed by atoms with E-state index in [1.54, 1.807) is 0 Å². The Morgan fingerprint density at radius 2 is 2.12 bits per heavy atom. The first-order valence-corrected chi connectivity index (χ1v) is 6.79. The van der Waals surface area contributed by atoms with E-state index < -0.39 is 0 Å². The van der Waals surface area contributed by atoms with Gasteiger partial charge in [0.05, 0.1) is 6.04 Å². The van der Waals surface area contributed by atoms with E-state index in [9.17, 15) is 0 Å². The van der Waals surface area contributed by atoms with Gasteiger partial charge in [0.1, 0.15) is 0 Å². The molecule has 2 aliphatic heterocycles. The topological polar surface area (TPSA) is 6.48 Å². The highest BCUT2D eigenvalue weighted by molar-refractivity contribution is 5.01. The summed E-state index contributed by atoms with van der Waals surface area (Å²) in [5.41, 5.74) is 0. The van der Waals surface area contributed by atoms with Crippen LogP contribution in [-0.4, -0.2) is 48.1 Å². The number of hydrogen-bond donors (Lipinski definition) is 0. The maximum absolute atomic E-state index is 5.67. The van der Waals surface area contributed by atoms with Crippen molar-refractivity contribution in [2.45, 2.75) is 51.1 Å². The molecule has 2 atom stereocenters. The van der Waals surface area contributed by atoms with Crippen molar-refractivity contribution < 1.29 is 0 Å². The zero-order chi connectivity index (χ0) is 11.4. The summed E-state index contributed by atoms with van der Waals surface area (Å²) in [6, 6.07) is 1.17. The Morgan fingerprint density at radius 1 is 1.31 bits per heavy atom. The Hall–Kier alpha value is -0.520. The second kappa shape index (κ2) is 5.70. The SMILES string of the molecule is C#CC(CCC)N1CCCN2CCCC2C1. The number of rotatable bonds is 3. The van der Waals surface area contributed by atoms with Crippen LogP contribution in [0.4, 0.5) is 0 Å². The fourth-order valence-electron chi connectivity index (χ4n) is 3.16. The molecule has 2 rings (SSSR count). The molecule has 2 nitrogen and oxygen atoms in total. The van der Waals surface area contributed by atoms with Crippen molar-refractivity contribution in [1.82, 2.24) is 9.80 Å². The zero-order valence-corrected chi connectivity index (χ0v) is 10.5. The molecule has 0 radical (unpaired) electrons. The van der Waals surface area contributed by atoms with Crippen molar-refractivity contribution in [3.05, 3.63) is 0 Å². The molecule has 0 aliphatic carbocycles. The van der Waals surface area contributed by atoms with Gasteiger partial charge in [0.25, 0.3) is 0 Å². The molecule has 0 aromatic carbocycles. The summed E-state index contributed by atoms with van der Waals surface area (Å²) in [5, 5.41) is 0. The summed E-state index contributed by atoms with van der Waals surface area (Å²) >= 11 is 0. The van der Waals surface area contributed by atoms with Gasteiger partial charge >= 0.3 is 0 Å². The molecule has 0 N–H and O–H groups in total. The molecule has 2 aliphatic rings. The third kappa shape index (κ3) is 2.59. The summed E-state index contributed by atoms with van der Waals surface area (Å²) in [7, 11) is 0. The molecular weight excluding hydrogens is 196 g/mol. The minimum absolute atomic E-state index is 0.380. The summed E-state index contributed by atoms with van der Waals surface area (Å²) in [6.07, 6.45) is 12.1. The summed E-state index contributed by atoms with van der Waals surface area (Å²) in [6.45, 7) is 7.22. The molecular formula is C14H24N2. The molecule has 2 fully saturated rings. The highest BCUT2D eigenvalue weighted by Gasteiger charge is 2.30. The van der Waals surface area contributed by atoms with E-state index in [0.29, 0.717) is 6.04 Å². The first-order chi connectivity index (χ1) is 7.85. The van der Waals surface area contributed by atoms with E-state index in [0.717, 1.165) is 12.5 Å². The molecule has 2 saturated heterocycles. The second-order valence-electron chi connectivity index (χ2n) is 5.15. The van der Waals surface area contributed by atoms with E-state index >= 15 is 0 Å². The van der Waals surface area contributed by atoms with Crippen LogP contribution < -0.4 is 0 Å². The van der Waals surface area contributed by atoms with Crippen LogP contribution in [0.15, 0.2) is 0 Å². The predicted octanol–water partition coefficient (Wildman–Crippen LogP) is 1.96. The Bertz CT molecular complexity index is 256. The maximum atomic E-state index is 5.67. The molecule has 2 heteroatoms. The van der Waals surface area contributed by atoms with Gasteiger partial charge in [-0.3, -0.25) is 9.80 Å². The van der Waals surface area contributed by atoms with Gasteiger partial charge in [-0.2, -0.15) is 0 Å². The largest absolute Gasteiger partial charge is 0.299 e. The van der Waals surface area contributed by atoms with Crippen LogP contribution in [0.1, 0.15) is 39.0 Å². The number of fused-ring (bicyclic) bond motifs is 1. The lowest BCUT2D eigenvalue weighted by molar-refractivity contribution is 0.193. The maximum Gasteiger partial charge on any atom is 0.0712 e. The smallest absolute Gasteiger partial charge is 0.0712 e. The minimum atomic E-state index is 0.380. The van der Waals surface area contributed by atoms with Gasteiger partial charge < -0.3 is 0 Å². The van der Waals surface area contributed by atoms with Crippen molar-refractivity contribution in [1.29, 1.82) is 0 Å². The average molecular weight is 220 g/mol. The highest BCUT2D eigenvalue weighted by Crippen LogP contribution is 2.23. The van der Waals surface area contributed by atoms with E-state index in [1.807, 2.05) is 0 Å². The zero-order valence-electron chi connectivity index (χ0n) is 10.5. The molecule has 0 saturated carbocycles. The molecule has 16 heavy (non-hydrogen) atoms. The van der Waals surface area contributed by atoms with Gasteiger partial charge in [0, 0.05) is 19.1 Å². The van der Waals surface area contributed by atoms with Crippen molar-refractivity contribution in [2.75, 3.05) is 26.2 Å². The van der Waals surface area contributed by atoms with Crippen LogP contribution in [0.25, 0.3) is 0 Å². The Balaban J connectivity index is 1.96. The van der Waals surface area contributed by atoms with Crippen LogP contribution in [0, 0.1) is 12.3 Å². The van der Waals surface area contributed by atoms with E-state index in [2.05, 4.69) is 22.6 Å². The van der Waals surface area contributed by atoms with Crippen LogP contribution in [0.2, 0.25) is 0 Å². The van der Waals surface area contributed by atoms with Crippen molar-refractivity contribution in [3.63, 3.8) is 0 Å². The fourth-order valence-corrected chi connectivity index (χ4v) is 3.16. The summed E-state index contributed by atoms with van der Waals surface area (Å²) in [5.74, 6) is 2.99.